The van der Waals surface area contributed by atoms with E-state index in [9.17, 15) is 23.1 Å². The number of aromatic hydroxyl groups is 1. The van der Waals surface area contributed by atoms with Gasteiger partial charge in [0, 0.05) is 38.8 Å². The molecule has 3 N–H and O–H groups in total. The minimum Gasteiger partial charge on any atom is -0.507 e. The van der Waals surface area contributed by atoms with Crippen molar-refractivity contribution >= 4 is 5.91 Å². The topological polar surface area (TPSA) is 69.8 Å². The van der Waals surface area contributed by atoms with Gasteiger partial charge in [0.2, 0.25) is 0 Å². The second kappa shape index (κ2) is 8.42. The van der Waals surface area contributed by atoms with Crippen LogP contribution in [0.15, 0.2) is 42.5 Å². The number of rotatable bonds is 4. The molecule has 8 heteroatoms. The fraction of sp³-hybridized carbons (Fsp3) is 0.381. The van der Waals surface area contributed by atoms with Gasteiger partial charge in [0.15, 0.2) is 0 Å². The van der Waals surface area contributed by atoms with Gasteiger partial charge in [0.1, 0.15) is 5.75 Å². The quantitative estimate of drug-likeness (QED) is 0.817. The van der Waals surface area contributed by atoms with E-state index in [0.717, 1.165) is 18.7 Å². The minimum absolute atomic E-state index is 0.0467. The Labute approximate surface area is 167 Å². The fourth-order valence-corrected chi connectivity index (χ4v) is 3.47. The molecule has 1 atom stereocenters. The van der Waals surface area contributed by atoms with Crippen molar-refractivity contribution in [1.82, 2.24) is 9.80 Å². The SMILES string of the molecule is C[C@H](N)CN1CCN(C(=O)c2cc(-c3cccc(C(F)(F)F)c3)ccc2O)CC1. The van der Waals surface area contributed by atoms with Gasteiger partial charge in [-0.05, 0) is 42.3 Å². The fourth-order valence-electron chi connectivity index (χ4n) is 3.47. The van der Waals surface area contributed by atoms with Gasteiger partial charge >= 0.3 is 6.18 Å². The number of halogens is 3. The van der Waals surface area contributed by atoms with E-state index < -0.39 is 11.7 Å². The van der Waals surface area contributed by atoms with Crippen LogP contribution in [0.4, 0.5) is 13.2 Å². The van der Waals surface area contributed by atoms with E-state index in [1.54, 1.807) is 11.0 Å². The zero-order valence-corrected chi connectivity index (χ0v) is 16.1. The number of amides is 1. The Morgan fingerprint density at radius 1 is 1.10 bits per heavy atom. The zero-order valence-electron chi connectivity index (χ0n) is 16.1. The lowest BCUT2D eigenvalue weighted by atomic mass is 9.99. The number of hydrogen-bond donors (Lipinski definition) is 2. The van der Waals surface area contributed by atoms with Crippen LogP contribution in [0.25, 0.3) is 11.1 Å². The summed E-state index contributed by atoms with van der Waals surface area (Å²) in [5.74, 6) is -0.527. The summed E-state index contributed by atoms with van der Waals surface area (Å²) >= 11 is 0. The Hall–Kier alpha value is -2.58. The molecule has 0 saturated carbocycles. The monoisotopic (exact) mass is 407 g/mol. The van der Waals surface area contributed by atoms with Crippen molar-refractivity contribution in [3.8, 4) is 16.9 Å². The molecule has 0 spiro atoms. The molecule has 1 amide bonds. The van der Waals surface area contributed by atoms with E-state index in [2.05, 4.69) is 4.90 Å². The molecule has 1 aliphatic heterocycles. The summed E-state index contributed by atoms with van der Waals surface area (Å²) in [6, 6.07) is 9.24. The van der Waals surface area contributed by atoms with Gasteiger partial charge in [-0.1, -0.05) is 18.2 Å². The summed E-state index contributed by atoms with van der Waals surface area (Å²) in [4.78, 5) is 16.7. The van der Waals surface area contributed by atoms with Crippen LogP contribution in [0.2, 0.25) is 0 Å². The molecule has 0 unspecified atom stereocenters. The van der Waals surface area contributed by atoms with Gasteiger partial charge in [-0.15, -0.1) is 0 Å². The number of hydrogen-bond acceptors (Lipinski definition) is 4. The number of nitrogens with two attached hydrogens (primary N) is 1. The number of carbonyl (C=O) groups excluding carboxylic acids is 1. The Morgan fingerprint density at radius 3 is 2.38 bits per heavy atom. The summed E-state index contributed by atoms with van der Waals surface area (Å²) < 4.78 is 39.0. The third kappa shape index (κ3) is 5.07. The summed E-state index contributed by atoms with van der Waals surface area (Å²) in [5, 5.41) is 10.2. The molecule has 5 nitrogen and oxygen atoms in total. The van der Waals surface area contributed by atoms with E-state index in [1.165, 1.54) is 24.3 Å². The Balaban J connectivity index is 1.80. The van der Waals surface area contributed by atoms with Crippen LogP contribution in [0, 0.1) is 0 Å². The van der Waals surface area contributed by atoms with Crippen molar-refractivity contribution in [1.29, 1.82) is 0 Å². The Bertz CT molecular complexity index is 876. The highest BCUT2D eigenvalue weighted by molar-refractivity contribution is 5.98. The lowest BCUT2D eigenvalue weighted by molar-refractivity contribution is -0.137. The second-order valence-electron chi connectivity index (χ2n) is 7.38. The van der Waals surface area contributed by atoms with Crippen LogP contribution in [0.3, 0.4) is 0 Å². The number of nitrogens with zero attached hydrogens (tertiary/aromatic N) is 2. The van der Waals surface area contributed by atoms with Crippen molar-refractivity contribution in [2.24, 2.45) is 5.73 Å². The largest absolute Gasteiger partial charge is 0.507 e. The first-order valence-electron chi connectivity index (χ1n) is 9.43. The van der Waals surface area contributed by atoms with Crippen LogP contribution in [0.1, 0.15) is 22.8 Å². The molecule has 2 aromatic carbocycles. The highest BCUT2D eigenvalue weighted by Crippen LogP contribution is 2.33. The average Bonchev–Trinajstić information content (AvgIpc) is 2.67. The van der Waals surface area contributed by atoms with Gasteiger partial charge in [-0.25, -0.2) is 0 Å². The minimum atomic E-state index is -4.45. The van der Waals surface area contributed by atoms with E-state index in [1.807, 2.05) is 6.92 Å². The van der Waals surface area contributed by atoms with Crippen molar-refractivity contribution in [2.75, 3.05) is 32.7 Å². The van der Waals surface area contributed by atoms with Crippen molar-refractivity contribution in [2.45, 2.75) is 19.1 Å². The second-order valence-corrected chi connectivity index (χ2v) is 7.38. The smallest absolute Gasteiger partial charge is 0.416 e. The Morgan fingerprint density at radius 2 is 1.76 bits per heavy atom. The van der Waals surface area contributed by atoms with Gasteiger partial charge in [-0.3, -0.25) is 9.69 Å². The first-order chi connectivity index (χ1) is 13.6. The summed E-state index contributed by atoms with van der Waals surface area (Å²) in [5.41, 5.74) is 5.90. The zero-order chi connectivity index (χ0) is 21.2. The van der Waals surface area contributed by atoms with E-state index in [-0.39, 0.29) is 23.3 Å². The van der Waals surface area contributed by atoms with Crippen LogP contribution >= 0.6 is 0 Å². The molecule has 29 heavy (non-hydrogen) atoms. The molecule has 1 fully saturated rings. The van der Waals surface area contributed by atoms with Crippen LogP contribution in [0.5, 0.6) is 5.75 Å². The number of alkyl halides is 3. The van der Waals surface area contributed by atoms with Gasteiger partial charge in [0.05, 0.1) is 11.1 Å². The number of phenols is 1. The number of piperazine rings is 1. The van der Waals surface area contributed by atoms with E-state index >= 15 is 0 Å². The summed E-state index contributed by atoms with van der Waals surface area (Å²) in [6.07, 6.45) is -4.45. The van der Waals surface area contributed by atoms with Crippen LogP contribution in [-0.4, -0.2) is 59.6 Å². The predicted molar refractivity (Wildman–Crippen MR) is 105 cm³/mol. The summed E-state index contributed by atoms with van der Waals surface area (Å²) in [6.45, 7) is 5.04. The van der Waals surface area contributed by atoms with Crippen LogP contribution < -0.4 is 5.73 Å². The molecule has 0 aromatic heterocycles. The molecule has 156 valence electrons. The number of carbonyl (C=O) groups is 1. The number of benzene rings is 2. The maximum atomic E-state index is 13.0. The molecule has 1 heterocycles. The molecule has 0 bridgehead atoms. The van der Waals surface area contributed by atoms with Crippen molar-refractivity contribution < 1.29 is 23.1 Å². The third-order valence-electron chi connectivity index (χ3n) is 4.96. The van der Waals surface area contributed by atoms with E-state index in [0.29, 0.717) is 37.3 Å². The maximum Gasteiger partial charge on any atom is 0.416 e. The normalized spacial score (nSPS) is 16.7. The van der Waals surface area contributed by atoms with Crippen molar-refractivity contribution in [3.63, 3.8) is 0 Å². The first-order valence-corrected chi connectivity index (χ1v) is 9.43. The molecule has 3 rings (SSSR count). The lowest BCUT2D eigenvalue weighted by Crippen LogP contribution is -2.51. The first kappa shape index (κ1) is 21.1. The van der Waals surface area contributed by atoms with Crippen LogP contribution in [-0.2, 0) is 6.18 Å². The number of phenolic OH excluding ortho intramolecular Hbond substituents is 1. The standard InChI is InChI=1S/C21H24F3N3O2/c1-14(25)13-26-7-9-27(10-8-26)20(29)18-12-16(5-6-19(18)28)15-3-2-4-17(11-15)21(22,23)24/h2-6,11-12,14,28H,7-10,13,25H2,1H3/t14-/m0/s1. The van der Waals surface area contributed by atoms with Crippen molar-refractivity contribution in [3.05, 3.63) is 53.6 Å². The highest BCUT2D eigenvalue weighted by atomic mass is 19.4. The average molecular weight is 407 g/mol. The van der Waals surface area contributed by atoms with Gasteiger partial charge in [0.25, 0.3) is 5.91 Å². The molecule has 0 radical (unpaired) electrons. The van der Waals surface area contributed by atoms with Gasteiger partial charge < -0.3 is 15.7 Å². The molecular formula is C21H24F3N3O2. The lowest BCUT2D eigenvalue weighted by Gasteiger charge is -2.35. The summed E-state index contributed by atoms with van der Waals surface area (Å²) in [7, 11) is 0. The van der Waals surface area contributed by atoms with Gasteiger partial charge in [-0.2, -0.15) is 13.2 Å². The molecule has 1 saturated heterocycles. The molecule has 1 aliphatic rings. The van der Waals surface area contributed by atoms with E-state index in [4.69, 9.17) is 5.73 Å². The maximum absolute atomic E-state index is 13.0. The molecular weight excluding hydrogens is 383 g/mol. The highest BCUT2D eigenvalue weighted by Gasteiger charge is 2.30. The Kier molecular flexibility index (Phi) is 6.14. The third-order valence-corrected chi connectivity index (χ3v) is 4.96. The predicted octanol–water partition coefficient (Wildman–Crippen LogP) is 3.18. The molecule has 2 aromatic rings. The molecule has 0 aliphatic carbocycles.